The monoisotopic (exact) mass is 320 g/mol. The zero-order valence-corrected chi connectivity index (χ0v) is 14.2. The molecule has 0 aromatic rings. The largest absolute Gasteiger partial charge is 0.466 e. The Balaban J connectivity index is 0.00000400. The Morgan fingerprint density at radius 3 is 2.10 bits per heavy atom. The summed E-state index contributed by atoms with van der Waals surface area (Å²) in [5.74, 6) is -0.0440. The molecule has 21 heavy (non-hydrogen) atoms. The van der Waals surface area contributed by atoms with E-state index in [0.717, 1.165) is 12.8 Å². The lowest BCUT2D eigenvalue weighted by Crippen LogP contribution is -2.50. The Hall–Kier alpha value is -0.810. The van der Waals surface area contributed by atoms with Crippen LogP contribution in [-0.4, -0.2) is 43.0 Å². The van der Waals surface area contributed by atoms with Crippen LogP contribution in [0.1, 0.15) is 46.5 Å². The first-order valence-corrected chi connectivity index (χ1v) is 7.70. The highest BCUT2D eigenvalue weighted by molar-refractivity contribution is 5.85. The smallest absolute Gasteiger partial charge is 0.309 e. The van der Waals surface area contributed by atoms with Gasteiger partial charge in [0, 0.05) is 19.6 Å². The van der Waals surface area contributed by atoms with Gasteiger partial charge in [0.05, 0.1) is 17.9 Å². The van der Waals surface area contributed by atoms with Gasteiger partial charge in [-0.15, -0.1) is 12.4 Å². The summed E-state index contributed by atoms with van der Waals surface area (Å²) in [4.78, 5) is 26.2. The van der Waals surface area contributed by atoms with Gasteiger partial charge in [-0.2, -0.15) is 0 Å². The van der Waals surface area contributed by atoms with Gasteiger partial charge in [0.25, 0.3) is 0 Å². The normalized spacial score (nSPS) is 16.3. The molecule has 0 radical (unpaired) electrons. The van der Waals surface area contributed by atoms with Gasteiger partial charge in [0.2, 0.25) is 5.91 Å². The number of likely N-dealkylation sites (tertiary alicyclic amines) is 1. The van der Waals surface area contributed by atoms with Crippen molar-refractivity contribution in [2.45, 2.75) is 46.5 Å². The summed E-state index contributed by atoms with van der Waals surface area (Å²) < 4.78 is 5.05. The molecule has 0 unspecified atom stereocenters. The maximum absolute atomic E-state index is 12.6. The van der Waals surface area contributed by atoms with Gasteiger partial charge >= 0.3 is 5.97 Å². The van der Waals surface area contributed by atoms with Gasteiger partial charge in [-0.05, 0) is 32.6 Å². The number of ether oxygens (including phenoxy) is 1. The lowest BCUT2D eigenvalue weighted by atomic mass is 9.80. The number of hydrogen-bond donors (Lipinski definition) is 1. The van der Waals surface area contributed by atoms with Crippen LogP contribution in [0.25, 0.3) is 0 Å². The molecule has 0 atom stereocenters. The maximum Gasteiger partial charge on any atom is 0.309 e. The van der Waals surface area contributed by atoms with Crippen LogP contribution in [0, 0.1) is 11.3 Å². The molecule has 0 spiro atoms. The fourth-order valence-electron chi connectivity index (χ4n) is 2.84. The fourth-order valence-corrected chi connectivity index (χ4v) is 2.84. The first kappa shape index (κ1) is 20.2. The summed E-state index contributed by atoms with van der Waals surface area (Å²) in [7, 11) is 0. The summed E-state index contributed by atoms with van der Waals surface area (Å²) in [6, 6.07) is 0. The van der Waals surface area contributed by atoms with Crippen molar-refractivity contribution in [3.05, 3.63) is 0 Å². The van der Waals surface area contributed by atoms with Gasteiger partial charge in [-0.3, -0.25) is 9.59 Å². The van der Waals surface area contributed by atoms with Crippen molar-refractivity contribution in [3.63, 3.8) is 0 Å². The van der Waals surface area contributed by atoms with E-state index in [1.165, 1.54) is 0 Å². The summed E-state index contributed by atoms with van der Waals surface area (Å²) in [5.41, 5.74) is 5.40. The minimum absolute atomic E-state index is 0. The minimum Gasteiger partial charge on any atom is -0.466 e. The Kier molecular flexibility index (Phi) is 8.90. The first-order valence-electron chi connectivity index (χ1n) is 7.70. The number of carbonyl (C=O) groups excluding carboxylic acids is 2. The number of rotatable bonds is 6. The molecule has 0 saturated carbocycles. The second-order valence-corrected chi connectivity index (χ2v) is 5.51. The molecule has 6 heteroatoms. The number of amides is 1. The van der Waals surface area contributed by atoms with Crippen molar-refractivity contribution in [3.8, 4) is 0 Å². The Labute approximate surface area is 134 Å². The fraction of sp³-hybridized carbons (Fsp3) is 0.867. The molecule has 1 aliphatic heterocycles. The zero-order valence-electron chi connectivity index (χ0n) is 13.4. The number of nitrogens with two attached hydrogens (primary N) is 1. The molecular formula is C15H29ClN2O3. The van der Waals surface area contributed by atoms with Crippen molar-refractivity contribution in [1.82, 2.24) is 4.90 Å². The third-order valence-corrected chi connectivity index (χ3v) is 4.60. The van der Waals surface area contributed by atoms with Crippen molar-refractivity contribution < 1.29 is 14.3 Å². The van der Waals surface area contributed by atoms with Crippen LogP contribution < -0.4 is 5.73 Å². The van der Waals surface area contributed by atoms with Crippen LogP contribution in [0.15, 0.2) is 0 Å². The van der Waals surface area contributed by atoms with Crippen LogP contribution >= 0.6 is 12.4 Å². The second-order valence-electron chi connectivity index (χ2n) is 5.51. The predicted molar refractivity (Wildman–Crippen MR) is 85.3 cm³/mol. The molecule has 1 amide bonds. The molecule has 0 aliphatic carbocycles. The maximum atomic E-state index is 12.6. The number of carbonyl (C=O) groups is 2. The van der Waals surface area contributed by atoms with Crippen LogP contribution in [0.3, 0.4) is 0 Å². The summed E-state index contributed by atoms with van der Waals surface area (Å²) in [6.07, 6.45) is 2.91. The average Bonchev–Trinajstić information content (AvgIpc) is 2.50. The van der Waals surface area contributed by atoms with Gasteiger partial charge in [-0.25, -0.2) is 0 Å². The lowest BCUT2D eigenvalue weighted by Gasteiger charge is -2.38. The third kappa shape index (κ3) is 4.58. The van der Waals surface area contributed by atoms with Gasteiger partial charge in [0.1, 0.15) is 0 Å². The molecule has 124 valence electrons. The number of halogens is 1. The predicted octanol–water partition coefficient (Wildman–Crippen LogP) is 1.97. The van der Waals surface area contributed by atoms with E-state index < -0.39 is 5.41 Å². The molecule has 0 aromatic carbocycles. The van der Waals surface area contributed by atoms with E-state index in [9.17, 15) is 9.59 Å². The van der Waals surface area contributed by atoms with E-state index in [2.05, 4.69) is 0 Å². The van der Waals surface area contributed by atoms with E-state index in [0.29, 0.717) is 39.1 Å². The lowest BCUT2D eigenvalue weighted by molar-refractivity contribution is -0.153. The molecule has 1 heterocycles. The van der Waals surface area contributed by atoms with Crippen LogP contribution in [-0.2, 0) is 14.3 Å². The van der Waals surface area contributed by atoms with E-state index in [-0.39, 0.29) is 30.2 Å². The summed E-state index contributed by atoms with van der Waals surface area (Å²) in [5, 5.41) is 0. The number of esters is 1. The molecular weight excluding hydrogens is 292 g/mol. The Morgan fingerprint density at radius 1 is 1.19 bits per heavy atom. The van der Waals surface area contributed by atoms with Gasteiger partial charge in [0.15, 0.2) is 0 Å². The van der Waals surface area contributed by atoms with Gasteiger partial charge in [-0.1, -0.05) is 13.8 Å². The van der Waals surface area contributed by atoms with E-state index in [4.69, 9.17) is 10.5 Å². The van der Waals surface area contributed by atoms with Crippen LogP contribution in [0.4, 0.5) is 0 Å². The van der Waals surface area contributed by atoms with Crippen molar-refractivity contribution in [1.29, 1.82) is 0 Å². The number of hydrogen-bond acceptors (Lipinski definition) is 4. The zero-order chi connectivity index (χ0) is 15.2. The highest BCUT2D eigenvalue weighted by atomic mass is 35.5. The van der Waals surface area contributed by atoms with E-state index >= 15 is 0 Å². The summed E-state index contributed by atoms with van der Waals surface area (Å²) >= 11 is 0. The quantitative estimate of drug-likeness (QED) is 0.759. The summed E-state index contributed by atoms with van der Waals surface area (Å²) in [6.45, 7) is 7.90. The first-order chi connectivity index (χ1) is 9.54. The van der Waals surface area contributed by atoms with Gasteiger partial charge < -0.3 is 15.4 Å². The highest BCUT2D eigenvalue weighted by Crippen LogP contribution is 2.30. The number of piperidine rings is 1. The van der Waals surface area contributed by atoms with Crippen molar-refractivity contribution >= 4 is 24.3 Å². The van der Waals surface area contributed by atoms with Crippen molar-refractivity contribution in [2.24, 2.45) is 17.1 Å². The molecule has 1 saturated heterocycles. The highest BCUT2D eigenvalue weighted by Gasteiger charge is 2.38. The SMILES string of the molecule is CCOC(=O)C1CCN(C(=O)C(CC)(CC)CN)CC1.Cl. The molecule has 1 fully saturated rings. The van der Waals surface area contributed by atoms with Crippen molar-refractivity contribution in [2.75, 3.05) is 26.2 Å². The topological polar surface area (TPSA) is 72.6 Å². The van der Waals surface area contributed by atoms with Crippen LogP contribution in [0.5, 0.6) is 0 Å². The van der Waals surface area contributed by atoms with E-state index in [1.54, 1.807) is 0 Å². The van der Waals surface area contributed by atoms with Crippen LogP contribution in [0.2, 0.25) is 0 Å². The minimum atomic E-state index is -0.434. The molecule has 0 aromatic heterocycles. The standard InChI is InChI=1S/C15H28N2O3.ClH/c1-4-15(5-2,11-16)14(19)17-9-7-12(8-10-17)13(18)20-6-3;/h12H,4-11,16H2,1-3H3;1H. The molecule has 1 aliphatic rings. The molecule has 5 nitrogen and oxygen atoms in total. The Bertz CT molecular complexity index is 330. The molecule has 0 bridgehead atoms. The van der Waals surface area contributed by atoms with E-state index in [1.807, 2.05) is 25.7 Å². The number of nitrogens with zero attached hydrogens (tertiary/aromatic N) is 1. The molecule has 1 rings (SSSR count). The average molecular weight is 321 g/mol. The third-order valence-electron chi connectivity index (χ3n) is 4.60. The molecule has 2 N–H and O–H groups in total. The second kappa shape index (κ2) is 9.26. The Morgan fingerprint density at radius 2 is 1.71 bits per heavy atom.